The minimum atomic E-state index is -0.548. The predicted octanol–water partition coefficient (Wildman–Crippen LogP) is 0.377. The van der Waals surface area contributed by atoms with E-state index in [1.54, 1.807) is 22.3 Å². The molecule has 2 rings (SSSR count). The van der Waals surface area contributed by atoms with Gasteiger partial charge in [-0.05, 0) is 0 Å². The minimum absolute atomic E-state index is 0. The van der Waals surface area contributed by atoms with Crippen molar-refractivity contribution in [1.82, 2.24) is 0 Å². The van der Waals surface area contributed by atoms with Crippen molar-refractivity contribution in [3.63, 3.8) is 0 Å². The third-order valence-electron chi connectivity index (χ3n) is 4.43. The summed E-state index contributed by atoms with van der Waals surface area (Å²) in [5, 5.41) is 0. The van der Waals surface area contributed by atoms with Gasteiger partial charge < -0.3 is 24.8 Å². The van der Waals surface area contributed by atoms with Crippen LogP contribution in [-0.4, -0.2) is 0 Å². The molecule has 0 spiro atoms. The van der Waals surface area contributed by atoms with Crippen LogP contribution < -0.4 is 24.8 Å². The third kappa shape index (κ3) is 6.34. The van der Waals surface area contributed by atoms with E-state index in [2.05, 4.69) is 53.7 Å². The summed E-state index contributed by atoms with van der Waals surface area (Å²) in [6, 6.07) is 0. The number of hydrogen-bond donors (Lipinski definition) is 0. The van der Waals surface area contributed by atoms with Gasteiger partial charge in [-0.2, -0.15) is 0 Å². The Bertz CT molecular complexity index is 486. The fourth-order valence-electron chi connectivity index (χ4n) is 3.30. The molecule has 0 aromatic carbocycles. The summed E-state index contributed by atoms with van der Waals surface area (Å²) >= 11 is -0.548. The molecule has 3 heteroatoms. The molecule has 0 aromatic rings. The first-order valence-corrected chi connectivity index (χ1v) is 10.9. The Morgan fingerprint density at radius 2 is 1.13 bits per heavy atom. The quantitative estimate of drug-likeness (QED) is 0.569. The van der Waals surface area contributed by atoms with Gasteiger partial charge in [-0.15, -0.1) is 0 Å². The normalized spacial score (nSPS) is 17.2. The summed E-state index contributed by atoms with van der Waals surface area (Å²) in [5.74, 6) is 1.56. The van der Waals surface area contributed by atoms with Crippen LogP contribution in [0.15, 0.2) is 41.0 Å². The van der Waals surface area contributed by atoms with Gasteiger partial charge in [0.1, 0.15) is 0 Å². The number of allylic oxidation sites excluding steroid dienone is 8. The second-order valence-electron chi connectivity index (χ2n) is 7.42. The first-order chi connectivity index (χ1) is 9.88. The molecule has 0 fully saturated rings. The molecule has 0 nitrogen and oxygen atoms in total. The molecule has 2 aliphatic carbocycles. The number of hydrogen-bond acceptors (Lipinski definition) is 0. The summed E-state index contributed by atoms with van der Waals surface area (Å²) in [6.07, 6.45) is 10.1. The monoisotopic (exact) mass is 430 g/mol. The summed E-state index contributed by atoms with van der Waals surface area (Å²) in [4.78, 5) is 0. The molecule has 0 atom stereocenters. The number of halogens is 2. The molecule has 0 radical (unpaired) electrons. The van der Waals surface area contributed by atoms with E-state index in [4.69, 9.17) is 0 Å². The van der Waals surface area contributed by atoms with E-state index in [1.165, 1.54) is 25.7 Å². The molecule has 0 unspecified atom stereocenters. The predicted molar refractivity (Wildman–Crippen MR) is 89.7 cm³/mol. The largest absolute Gasteiger partial charge is 1.00 e. The van der Waals surface area contributed by atoms with Crippen molar-refractivity contribution in [2.24, 2.45) is 11.8 Å². The van der Waals surface area contributed by atoms with Crippen molar-refractivity contribution in [2.45, 2.75) is 67.2 Å². The zero-order valence-corrected chi connectivity index (χ0v) is 19.4. The molecule has 128 valence electrons. The van der Waals surface area contributed by atoms with Crippen LogP contribution in [0, 0.1) is 11.8 Å². The third-order valence-corrected chi connectivity index (χ3v) is 8.40. The van der Waals surface area contributed by atoms with Gasteiger partial charge in [0.05, 0.1) is 0 Å². The van der Waals surface area contributed by atoms with Gasteiger partial charge in [0.15, 0.2) is 0 Å². The van der Waals surface area contributed by atoms with Crippen molar-refractivity contribution in [2.75, 3.05) is 0 Å². The van der Waals surface area contributed by atoms with Gasteiger partial charge in [-0.1, -0.05) is 0 Å². The Morgan fingerprint density at radius 3 is 1.43 bits per heavy atom. The van der Waals surface area contributed by atoms with E-state index in [9.17, 15) is 0 Å². The van der Waals surface area contributed by atoms with Crippen molar-refractivity contribution >= 4 is 0 Å². The fourth-order valence-corrected chi connectivity index (χ4v) is 7.41. The van der Waals surface area contributed by atoms with Crippen LogP contribution in [-0.2, 0) is 23.2 Å². The van der Waals surface area contributed by atoms with E-state index in [-0.39, 0.29) is 24.8 Å². The van der Waals surface area contributed by atoms with Gasteiger partial charge >= 0.3 is 143 Å². The van der Waals surface area contributed by atoms with Crippen molar-refractivity contribution in [1.29, 1.82) is 0 Å². The second-order valence-corrected chi connectivity index (χ2v) is 11.0. The average Bonchev–Trinajstić information content (AvgIpc) is 2.88. The summed E-state index contributed by atoms with van der Waals surface area (Å²) in [5.41, 5.74) is 6.62. The zero-order valence-electron chi connectivity index (χ0n) is 15.4. The van der Waals surface area contributed by atoms with Crippen LogP contribution in [0.2, 0.25) is 0 Å². The van der Waals surface area contributed by atoms with Gasteiger partial charge in [-0.25, -0.2) is 0 Å². The Balaban J connectivity index is 0.00000242. The summed E-state index contributed by atoms with van der Waals surface area (Å²) < 4.78 is 3.73. The maximum absolute atomic E-state index is 2.48. The second kappa shape index (κ2) is 10.4. The van der Waals surface area contributed by atoms with E-state index < -0.39 is 23.2 Å². The van der Waals surface area contributed by atoms with Crippen molar-refractivity contribution in [3.05, 3.63) is 41.0 Å². The van der Waals surface area contributed by atoms with Crippen LogP contribution in [0.3, 0.4) is 0 Å². The van der Waals surface area contributed by atoms with Crippen molar-refractivity contribution in [3.8, 4) is 0 Å². The Morgan fingerprint density at radius 1 is 0.783 bits per heavy atom. The first kappa shape index (κ1) is 23.4. The molecule has 23 heavy (non-hydrogen) atoms. The molecule has 0 bridgehead atoms. The van der Waals surface area contributed by atoms with Gasteiger partial charge in [0, 0.05) is 0 Å². The zero-order chi connectivity index (χ0) is 15.6. The standard InChI is InChI=1S/2C10H15.2ClH.Zr/c2*1-8(2)7-10-6-4-5-9(10)3;;;/h2*5,8H,4,7H2,1-3H3;2*1H;/q;;;;+2/p-2. The Hall–Kier alpha value is 0.423. The van der Waals surface area contributed by atoms with E-state index in [1.807, 2.05) is 6.56 Å². The van der Waals surface area contributed by atoms with E-state index in [0.717, 1.165) is 11.8 Å². The van der Waals surface area contributed by atoms with Gasteiger partial charge in [0.2, 0.25) is 0 Å². The Labute approximate surface area is 167 Å². The molecule has 0 saturated carbocycles. The van der Waals surface area contributed by atoms with Crippen LogP contribution in [0.25, 0.3) is 0 Å². The van der Waals surface area contributed by atoms with Crippen LogP contribution in [0.1, 0.15) is 67.2 Å². The molecule has 0 heterocycles. The molecule has 0 aromatic heterocycles. The average molecular weight is 433 g/mol. The smallest absolute Gasteiger partial charge is 1.00 e. The van der Waals surface area contributed by atoms with E-state index >= 15 is 0 Å². The van der Waals surface area contributed by atoms with Crippen molar-refractivity contribution < 1.29 is 48.0 Å². The molecule has 0 N–H and O–H groups in total. The maximum Gasteiger partial charge on any atom is -1.00 e. The molecule has 0 saturated heterocycles. The fraction of sp³-hybridized carbons (Fsp3) is 0.600. The maximum atomic E-state index is 2.48. The van der Waals surface area contributed by atoms with Crippen LogP contribution in [0.4, 0.5) is 0 Å². The minimum Gasteiger partial charge on any atom is -1.00 e. The topological polar surface area (TPSA) is 0 Å². The molecular weight excluding hydrogens is 402 g/mol. The van der Waals surface area contributed by atoms with Gasteiger partial charge in [-0.3, -0.25) is 0 Å². The van der Waals surface area contributed by atoms with Crippen LogP contribution in [0.5, 0.6) is 0 Å². The van der Waals surface area contributed by atoms with E-state index in [0.29, 0.717) is 0 Å². The SMILES string of the molecule is CC1=CC[C]([Zr+2][C]2=C(CC(C)C)C(C)=CC2)=C1CC(C)C.[Cl-].[Cl-]. The summed E-state index contributed by atoms with van der Waals surface area (Å²) in [6.45, 7) is 14.1. The molecule has 2 aliphatic rings. The molecular formula is C20H30Cl2Zr. The number of rotatable bonds is 6. The van der Waals surface area contributed by atoms with Crippen LogP contribution >= 0.6 is 0 Å². The molecule has 0 amide bonds. The Kier molecular flexibility index (Phi) is 10.6. The van der Waals surface area contributed by atoms with Gasteiger partial charge in [0.25, 0.3) is 0 Å². The first-order valence-electron chi connectivity index (χ1n) is 8.43. The summed E-state index contributed by atoms with van der Waals surface area (Å²) in [7, 11) is 0. The molecule has 0 aliphatic heterocycles.